The Labute approximate surface area is 189 Å². The van der Waals surface area contributed by atoms with Gasteiger partial charge in [-0.1, -0.05) is 48.5 Å². The van der Waals surface area contributed by atoms with Gasteiger partial charge in [0.25, 0.3) is 0 Å². The zero-order valence-electron chi connectivity index (χ0n) is 18.7. The molecule has 1 N–H and O–H groups in total. The summed E-state index contributed by atoms with van der Waals surface area (Å²) in [5.41, 5.74) is 2.74. The van der Waals surface area contributed by atoms with Gasteiger partial charge >= 0.3 is 5.97 Å². The summed E-state index contributed by atoms with van der Waals surface area (Å²) in [6.07, 6.45) is -0.317. The van der Waals surface area contributed by atoms with E-state index in [4.69, 9.17) is 14.2 Å². The van der Waals surface area contributed by atoms with Crippen molar-refractivity contribution in [3.05, 3.63) is 95.6 Å². The van der Waals surface area contributed by atoms with E-state index < -0.39 is 23.8 Å². The van der Waals surface area contributed by atoms with Crippen molar-refractivity contribution in [3.63, 3.8) is 0 Å². The maximum absolute atomic E-state index is 12.9. The molecule has 0 saturated heterocycles. The SMILES string of the molecule is CNc1ccc2c(c1)C(OCCc1ccccc1)C(OC(=O)c1ccccc1)C(C)(C)O2. The van der Waals surface area contributed by atoms with Crippen molar-refractivity contribution < 1.29 is 19.0 Å². The molecule has 5 heteroatoms. The second-order valence-corrected chi connectivity index (χ2v) is 8.43. The van der Waals surface area contributed by atoms with Gasteiger partial charge in [-0.25, -0.2) is 4.79 Å². The summed E-state index contributed by atoms with van der Waals surface area (Å²) >= 11 is 0. The monoisotopic (exact) mass is 431 g/mol. The van der Waals surface area contributed by atoms with E-state index in [1.807, 2.05) is 75.5 Å². The zero-order chi connectivity index (χ0) is 22.6. The van der Waals surface area contributed by atoms with Crippen LogP contribution in [0.25, 0.3) is 0 Å². The van der Waals surface area contributed by atoms with E-state index in [9.17, 15) is 4.79 Å². The third kappa shape index (κ3) is 4.78. The lowest BCUT2D eigenvalue weighted by Gasteiger charge is -2.43. The molecule has 0 saturated carbocycles. The summed E-state index contributed by atoms with van der Waals surface area (Å²) in [6, 6.07) is 25.1. The molecule has 1 aliphatic heterocycles. The number of carbonyl (C=O) groups is 1. The fraction of sp³-hybridized carbons (Fsp3) is 0.296. The molecule has 1 aliphatic rings. The summed E-state index contributed by atoms with van der Waals surface area (Å²) in [7, 11) is 1.87. The van der Waals surface area contributed by atoms with E-state index in [1.165, 1.54) is 5.56 Å². The Morgan fingerprint density at radius 2 is 1.69 bits per heavy atom. The van der Waals surface area contributed by atoms with Crippen molar-refractivity contribution in [1.29, 1.82) is 0 Å². The zero-order valence-corrected chi connectivity index (χ0v) is 18.7. The lowest BCUT2D eigenvalue weighted by Crippen LogP contribution is -2.51. The first kappa shape index (κ1) is 21.9. The van der Waals surface area contributed by atoms with E-state index in [1.54, 1.807) is 12.1 Å². The molecule has 0 aliphatic carbocycles. The van der Waals surface area contributed by atoms with Gasteiger partial charge in [0.2, 0.25) is 0 Å². The Kier molecular flexibility index (Phi) is 6.47. The molecule has 0 spiro atoms. The van der Waals surface area contributed by atoms with Crippen LogP contribution in [0.4, 0.5) is 5.69 Å². The second kappa shape index (κ2) is 9.45. The molecule has 5 nitrogen and oxygen atoms in total. The summed E-state index contributed by atoms with van der Waals surface area (Å²) in [6.45, 7) is 4.35. The van der Waals surface area contributed by atoms with Crippen molar-refractivity contribution in [2.75, 3.05) is 19.0 Å². The smallest absolute Gasteiger partial charge is 0.338 e. The average Bonchev–Trinajstić information content (AvgIpc) is 2.81. The van der Waals surface area contributed by atoms with Gasteiger partial charge in [0.1, 0.15) is 17.5 Å². The second-order valence-electron chi connectivity index (χ2n) is 8.43. The highest BCUT2D eigenvalue weighted by Crippen LogP contribution is 2.44. The largest absolute Gasteiger partial charge is 0.483 e. The van der Waals surface area contributed by atoms with Crippen LogP contribution < -0.4 is 10.1 Å². The first-order chi connectivity index (χ1) is 15.5. The number of hydrogen-bond donors (Lipinski definition) is 1. The molecule has 4 rings (SSSR count). The third-order valence-electron chi connectivity index (χ3n) is 5.71. The highest BCUT2D eigenvalue weighted by Gasteiger charge is 2.47. The highest BCUT2D eigenvalue weighted by molar-refractivity contribution is 5.89. The molecule has 0 radical (unpaired) electrons. The van der Waals surface area contributed by atoms with Crippen LogP contribution in [-0.4, -0.2) is 31.3 Å². The third-order valence-corrected chi connectivity index (χ3v) is 5.71. The summed E-state index contributed by atoms with van der Waals surface area (Å²) in [5.74, 6) is 0.350. The van der Waals surface area contributed by atoms with Crippen LogP contribution in [-0.2, 0) is 15.9 Å². The molecule has 3 aromatic carbocycles. The molecular weight excluding hydrogens is 402 g/mol. The van der Waals surface area contributed by atoms with Gasteiger partial charge in [0, 0.05) is 18.3 Å². The minimum absolute atomic E-state index is 0.392. The molecule has 32 heavy (non-hydrogen) atoms. The van der Waals surface area contributed by atoms with Gasteiger partial charge in [0.05, 0.1) is 12.2 Å². The summed E-state index contributed by atoms with van der Waals surface area (Å²) < 4.78 is 18.7. The molecule has 0 aromatic heterocycles. The van der Waals surface area contributed by atoms with Crippen molar-refractivity contribution >= 4 is 11.7 Å². The maximum atomic E-state index is 12.9. The Balaban J connectivity index is 1.63. The predicted molar refractivity (Wildman–Crippen MR) is 125 cm³/mol. The van der Waals surface area contributed by atoms with Crippen molar-refractivity contribution in [2.24, 2.45) is 0 Å². The molecule has 0 fully saturated rings. The van der Waals surface area contributed by atoms with Crippen LogP contribution >= 0.6 is 0 Å². The fourth-order valence-electron chi connectivity index (χ4n) is 3.98. The average molecular weight is 432 g/mol. The number of benzene rings is 3. The number of fused-ring (bicyclic) bond motifs is 1. The number of ether oxygens (including phenoxy) is 3. The van der Waals surface area contributed by atoms with Crippen LogP contribution in [0.15, 0.2) is 78.9 Å². The molecular formula is C27H29NO4. The van der Waals surface area contributed by atoms with E-state index in [0.29, 0.717) is 12.2 Å². The molecule has 0 amide bonds. The lowest BCUT2D eigenvalue weighted by atomic mass is 9.87. The van der Waals surface area contributed by atoms with Gasteiger partial charge in [-0.3, -0.25) is 0 Å². The molecule has 2 unspecified atom stereocenters. The first-order valence-electron chi connectivity index (χ1n) is 10.9. The molecule has 0 bridgehead atoms. The highest BCUT2D eigenvalue weighted by atomic mass is 16.6. The number of anilines is 1. The molecule has 1 heterocycles. The first-order valence-corrected chi connectivity index (χ1v) is 10.9. The minimum Gasteiger partial charge on any atom is -0.483 e. The lowest BCUT2D eigenvalue weighted by molar-refractivity contribution is -0.139. The Hall–Kier alpha value is -3.31. The van der Waals surface area contributed by atoms with Crippen LogP contribution in [0, 0.1) is 0 Å². The molecule has 2 atom stereocenters. The van der Waals surface area contributed by atoms with Crippen LogP contribution in [0.5, 0.6) is 5.75 Å². The minimum atomic E-state index is -0.768. The van der Waals surface area contributed by atoms with Gasteiger partial charge in [0.15, 0.2) is 6.10 Å². The Morgan fingerprint density at radius 1 is 1.00 bits per heavy atom. The Morgan fingerprint density at radius 3 is 2.38 bits per heavy atom. The number of rotatable bonds is 7. The standard InChI is InChI=1S/C27H29NO4/c1-27(2)25(31-26(29)20-12-8-5-9-13-20)24(30-17-16-19-10-6-4-7-11-19)22-18-21(28-3)14-15-23(22)32-27/h4-15,18,24-25,28H,16-17H2,1-3H3. The Bertz CT molecular complexity index is 1050. The van der Waals surface area contributed by atoms with E-state index in [0.717, 1.165) is 23.4 Å². The van der Waals surface area contributed by atoms with Gasteiger partial charge in [-0.05, 0) is 56.2 Å². The number of hydrogen-bond acceptors (Lipinski definition) is 5. The van der Waals surface area contributed by atoms with E-state index >= 15 is 0 Å². The van der Waals surface area contributed by atoms with E-state index in [2.05, 4.69) is 17.4 Å². The van der Waals surface area contributed by atoms with Crippen LogP contribution in [0.1, 0.15) is 41.4 Å². The fourth-order valence-corrected chi connectivity index (χ4v) is 3.98. The maximum Gasteiger partial charge on any atom is 0.338 e. The number of esters is 1. The predicted octanol–water partition coefficient (Wildman–Crippen LogP) is 5.43. The van der Waals surface area contributed by atoms with Crippen molar-refractivity contribution in [1.82, 2.24) is 0 Å². The quantitative estimate of drug-likeness (QED) is 0.506. The topological polar surface area (TPSA) is 56.8 Å². The molecule has 3 aromatic rings. The van der Waals surface area contributed by atoms with E-state index in [-0.39, 0.29) is 0 Å². The van der Waals surface area contributed by atoms with Crippen molar-refractivity contribution in [2.45, 2.75) is 38.1 Å². The normalized spacial score (nSPS) is 18.8. The number of carbonyl (C=O) groups excluding carboxylic acids is 1. The summed E-state index contributed by atoms with van der Waals surface area (Å²) in [5, 5.41) is 3.16. The van der Waals surface area contributed by atoms with Crippen LogP contribution in [0.3, 0.4) is 0 Å². The van der Waals surface area contributed by atoms with Crippen molar-refractivity contribution in [3.8, 4) is 5.75 Å². The van der Waals surface area contributed by atoms with Gasteiger partial charge in [-0.2, -0.15) is 0 Å². The van der Waals surface area contributed by atoms with Crippen LogP contribution in [0.2, 0.25) is 0 Å². The summed E-state index contributed by atoms with van der Waals surface area (Å²) in [4.78, 5) is 12.9. The number of nitrogens with one attached hydrogen (secondary N) is 1. The van der Waals surface area contributed by atoms with Gasteiger partial charge < -0.3 is 19.5 Å². The van der Waals surface area contributed by atoms with Gasteiger partial charge in [-0.15, -0.1) is 0 Å². The molecule has 166 valence electrons.